The summed E-state index contributed by atoms with van der Waals surface area (Å²) in [5.74, 6) is -1.78. The number of esters is 1. The maximum absolute atomic E-state index is 13.5. The number of aromatic nitrogens is 1. The van der Waals surface area contributed by atoms with Gasteiger partial charge in [0, 0.05) is 23.7 Å². The number of allylic oxidation sites excluding steroid dienone is 1. The van der Waals surface area contributed by atoms with Gasteiger partial charge in [-0.1, -0.05) is 29.8 Å². The molecule has 1 fully saturated rings. The van der Waals surface area contributed by atoms with Crippen LogP contribution in [0.5, 0.6) is 0 Å². The van der Waals surface area contributed by atoms with Gasteiger partial charge in [-0.05, 0) is 43.0 Å². The first-order chi connectivity index (χ1) is 16.3. The number of nitrogen functional groups attached to an aromatic ring is 1. The van der Waals surface area contributed by atoms with Crippen LogP contribution in [0.15, 0.2) is 53.7 Å². The summed E-state index contributed by atoms with van der Waals surface area (Å²) in [5.41, 5.74) is 4.32. The number of epoxide rings is 1. The highest BCUT2D eigenvalue weighted by atomic mass is 16.7. The number of carbonyl (C=O) groups is 3. The lowest BCUT2D eigenvalue weighted by molar-refractivity contribution is -0.149. The van der Waals surface area contributed by atoms with Crippen molar-refractivity contribution in [2.75, 3.05) is 25.6 Å². The summed E-state index contributed by atoms with van der Waals surface area (Å²) in [5, 5.41) is 19.2. The molecule has 4 rings (SSSR count). The van der Waals surface area contributed by atoms with Crippen molar-refractivity contribution in [3.8, 4) is 0 Å². The third kappa shape index (κ3) is 3.71. The second kappa shape index (κ2) is 9.09. The predicted molar refractivity (Wildman–Crippen MR) is 121 cm³/mol. The molecular weight excluding hydrogens is 440 g/mol. The largest absolute Gasteiger partial charge is 0.461 e. The average molecular weight is 466 g/mol. The van der Waals surface area contributed by atoms with Gasteiger partial charge in [0.2, 0.25) is 5.78 Å². The first-order valence-corrected chi connectivity index (χ1v) is 11.0. The van der Waals surface area contributed by atoms with Crippen molar-refractivity contribution in [2.24, 2.45) is 0 Å². The van der Waals surface area contributed by atoms with Gasteiger partial charge in [-0.25, -0.2) is 9.78 Å². The van der Waals surface area contributed by atoms with Crippen LogP contribution in [0.3, 0.4) is 0 Å². The molecule has 9 heteroatoms. The normalized spacial score (nSPS) is 23.6. The summed E-state index contributed by atoms with van der Waals surface area (Å²) >= 11 is 0. The monoisotopic (exact) mass is 466 g/mol. The summed E-state index contributed by atoms with van der Waals surface area (Å²) < 4.78 is 10.8. The van der Waals surface area contributed by atoms with Crippen LogP contribution in [0.4, 0.5) is 5.82 Å². The molecule has 0 bridgehead atoms. The minimum absolute atomic E-state index is 0.0862. The maximum Gasteiger partial charge on any atom is 0.350 e. The lowest BCUT2D eigenvalue weighted by Crippen LogP contribution is -2.51. The van der Waals surface area contributed by atoms with Crippen molar-refractivity contribution in [1.29, 1.82) is 0 Å². The molecule has 1 aliphatic heterocycles. The molecule has 1 aromatic carbocycles. The number of hydrogen-bond donors (Lipinski definition) is 3. The summed E-state index contributed by atoms with van der Waals surface area (Å²) in [6.07, 6.45) is 2.65. The van der Waals surface area contributed by atoms with Crippen molar-refractivity contribution in [3.63, 3.8) is 0 Å². The number of aliphatic hydroxyl groups excluding tert-OH is 2. The van der Waals surface area contributed by atoms with Crippen molar-refractivity contribution in [3.05, 3.63) is 70.4 Å². The number of hydrogen-bond acceptors (Lipinski definition) is 9. The Kier molecular flexibility index (Phi) is 6.35. The number of ketones is 2. The highest BCUT2D eigenvalue weighted by Crippen LogP contribution is 2.59. The summed E-state index contributed by atoms with van der Waals surface area (Å²) in [4.78, 5) is 43.8. The van der Waals surface area contributed by atoms with Crippen molar-refractivity contribution in [1.82, 2.24) is 4.98 Å². The van der Waals surface area contributed by atoms with E-state index in [-0.39, 0.29) is 30.8 Å². The van der Waals surface area contributed by atoms with Crippen molar-refractivity contribution in [2.45, 2.75) is 37.4 Å². The van der Waals surface area contributed by atoms with E-state index in [2.05, 4.69) is 4.98 Å². The molecule has 34 heavy (non-hydrogen) atoms. The molecule has 1 saturated heterocycles. The fraction of sp³-hybridized carbons (Fsp3) is 0.360. The molecule has 1 aromatic heterocycles. The van der Waals surface area contributed by atoms with E-state index in [0.29, 0.717) is 24.2 Å². The van der Waals surface area contributed by atoms with Gasteiger partial charge in [0.1, 0.15) is 12.4 Å². The molecular formula is C25H26N2O7. The molecule has 0 amide bonds. The van der Waals surface area contributed by atoms with Crippen LogP contribution >= 0.6 is 0 Å². The number of aryl methyl sites for hydroxylation is 1. The Balaban J connectivity index is 1.67. The molecule has 2 atom stereocenters. The van der Waals surface area contributed by atoms with Crippen molar-refractivity contribution >= 4 is 23.4 Å². The lowest BCUT2D eigenvalue weighted by Gasteiger charge is -2.25. The van der Waals surface area contributed by atoms with Crippen LogP contribution in [-0.4, -0.2) is 63.8 Å². The molecule has 178 valence electrons. The molecule has 2 heterocycles. The lowest BCUT2D eigenvalue weighted by atomic mass is 9.71. The molecule has 4 N–H and O–H groups in total. The van der Waals surface area contributed by atoms with Gasteiger partial charge in [0.25, 0.3) is 5.60 Å². The molecule has 0 spiro atoms. The van der Waals surface area contributed by atoms with Gasteiger partial charge in [0.05, 0.1) is 13.2 Å². The van der Waals surface area contributed by atoms with Gasteiger partial charge in [-0.2, -0.15) is 0 Å². The van der Waals surface area contributed by atoms with E-state index in [0.717, 1.165) is 11.1 Å². The Morgan fingerprint density at radius 2 is 1.85 bits per heavy atom. The van der Waals surface area contributed by atoms with Crippen LogP contribution in [0.25, 0.3) is 0 Å². The Hall–Kier alpha value is -3.40. The van der Waals surface area contributed by atoms with Gasteiger partial charge in [-0.15, -0.1) is 0 Å². The predicted octanol–water partition coefficient (Wildman–Crippen LogP) is 1.42. The number of nitrogens with zero attached hydrogens (tertiary/aromatic N) is 1. The first-order valence-electron chi connectivity index (χ1n) is 11.0. The van der Waals surface area contributed by atoms with E-state index in [4.69, 9.17) is 20.3 Å². The van der Waals surface area contributed by atoms with E-state index in [1.807, 2.05) is 13.0 Å². The Morgan fingerprint density at radius 1 is 1.15 bits per heavy atom. The quantitative estimate of drug-likeness (QED) is 0.215. The van der Waals surface area contributed by atoms with E-state index >= 15 is 0 Å². The molecule has 2 aromatic rings. The first kappa shape index (κ1) is 23.7. The highest BCUT2D eigenvalue weighted by Gasteiger charge is 2.85. The molecule has 0 saturated carbocycles. The number of rotatable bonds is 9. The van der Waals surface area contributed by atoms with Gasteiger partial charge >= 0.3 is 5.97 Å². The second-order valence-corrected chi connectivity index (χ2v) is 8.48. The zero-order valence-electron chi connectivity index (χ0n) is 18.7. The number of benzene rings is 1. The summed E-state index contributed by atoms with van der Waals surface area (Å²) in [6.45, 7) is 0.679. The van der Waals surface area contributed by atoms with E-state index in [1.54, 1.807) is 24.4 Å². The second-order valence-electron chi connectivity index (χ2n) is 8.48. The summed E-state index contributed by atoms with van der Waals surface area (Å²) in [7, 11) is 0. The number of Topliss-reactive ketones (excluding diaryl/α,β-unsaturated/α-hetero) is 2. The number of nitrogens with two attached hydrogens (primary N) is 1. The molecule has 2 aliphatic rings. The number of fused-ring (bicyclic) bond motifs is 2. The van der Waals surface area contributed by atoms with E-state index in [9.17, 15) is 19.5 Å². The van der Waals surface area contributed by atoms with Crippen LogP contribution in [0.2, 0.25) is 0 Å². The van der Waals surface area contributed by atoms with Gasteiger partial charge in [0.15, 0.2) is 11.4 Å². The topological polar surface area (TPSA) is 152 Å². The number of aliphatic hydroxyl groups is 2. The van der Waals surface area contributed by atoms with E-state index < -0.39 is 35.3 Å². The third-order valence-corrected chi connectivity index (χ3v) is 6.46. The number of ether oxygens (including phenoxy) is 2. The molecule has 2 unspecified atom stereocenters. The number of carbonyl (C=O) groups excluding carboxylic acids is 3. The zero-order valence-corrected chi connectivity index (χ0v) is 18.7. The minimum Gasteiger partial charge on any atom is -0.461 e. The zero-order chi connectivity index (χ0) is 24.5. The molecule has 0 radical (unpaired) electrons. The minimum atomic E-state index is -2.13. The molecule has 9 nitrogen and oxygen atoms in total. The Labute approximate surface area is 196 Å². The van der Waals surface area contributed by atoms with Crippen LogP contribution in [-0.2, 0) is 20.7 Å². The van der Waals surface area contributed by atoms with Crippen LogP contribution < -0.4 is 5.73 Å². The number of pyridine rings is 1. The fourth-order valence-electron chi connectivity index (χ4n) is 4.54. The maximum atomic E-state index is 13.5. The van der Waals surface area contributed by atoms with Crippen LogP contribution in [0, 0.1) is 0 Å². The smallest absolute Gasteiger partial charge is 0.350 e. The SMILES string of the molecule is CC(CCc1ccnc(N)c1)=C(CO)CC12OC1(C(=O)OCCO)C(=O)c1ccccc1C2=O. The standard InChI is InChI=1S/C25H26N2O7/c1-15(6-7-16-8-9-27-20(26)12-16)17(14-29)13-24-21(30)18-4-2-3-5-19(18)22(31)25(24,34-24)23(32)33-11-10-28/h2-5,8-9,12,28-29H,6-7,10-11,13-14H2,1H3,(H2,26,27). The fourth-order valence-corrected chi connectivity index (χ4v) is 4.54. The number of anilines is 1. The average Bonchev–Trinajstić information content (AvgIpc) is 3.54. The highest BCUT2D eigenvalue weighted by molar-refractivity contribution is 6.32. The van der Waals surface area contributed by atoms with Gasteiger partial charge < -0.3 is 25.4 Å². The van der Waals surface area contributed by atoms with Crippen LogP contribution in [0.1, 0.15) is 46.0 Å². The third-order valence-electron chi connectivity index (χ3n) is 6.46. The van der Waals surface area contributed by atoms with Crippen molar-refractivity contribution < 1.29 is 34.1 Å². The Bertz CT molecular complexity index is 1190. The molecule has 1 aliphatic carbocycles. The summed E-state index contributed by atoms with van der Waals surface area (Å²) in [6, 6.07) is 9.82. The van der Waals surface area contributed by atoms with E-state index in [1.165, 1.54) is 12.1 Å². The van der Waals surface area contributed by atoms with Gasteiger partial charge in [-0.3, -0.25) is 9.59 Å². The Morgan fingerprint density at radius 3 is 2.50 bits per heavy atom.